The number of hydrogen-bond donors (Lipinski definition) is 2. The summed E-state index contributed by atoms with van der Waals surface area (Å²) in [6.07, 6.45) is 7.24. The highest BCUT2D eigenvalue weighted by atomic mass is 35.5. The predicted octanol–water partition coefficient (Wildman–Crippen LogP) is 1.92. The van der Waals surface area contributed by atoms with Crippen molar-refractivity contribution in [2.45, 2.75) is 64.5 Å². The number of hydrogen-bond acceptors (Lipinski definition) is 3. The molecule has 1 aliphatic carbocycles. The Hall–Kier alpha value is -0.320. The van der Waals surface area contributed by atoms with Crippen molar-refractivity contribution in [3.8, 4) is 0 Å². The Balaban J connectivity index is 0.00000200. The van der Waals surface area contributed by atoms with Gasteiger partial charge in [0.2, 0.25) is 5.91 Å². The number of amides is 1. The molecule has 2 rings (SSSR count). The van der Waals surface area contributed by atoms with E-state index in [1.165, 1.54) is 19.3 Å². The minimum absolute atomic E-state index is 0. The highest BCUT2D eigenvalue weighted by Gasteiger charge is 2.36. The fourth-order valence-electron chi connectivity index (χ4n) is 3.29. The molecular formula is C15H30ClN3O. The lowest BCUT2D eigenvalue weighted by atomic mass is 9.90. The lowest BCUT2D eigenvalue weighted by molar-refractivity contribution is -0.126. The molecule has 20 heavy (non-hydrogen) atoms. The fourth-order valence-corrected chi connectivity index (χ4v) is 3.29. The van der Waals surface area contributed by atoms with E-state index in [-0.39, 0.29) is 29.8 Å². The van der Waals surface area contributed by atoms with Crippen LogP contribution in [-0.4, -0.2) is 42.5 Å². The van der Waals surface area contributed by atoms with Crippen molar-refractivity contribution >= 4 is 18.3 Å². The van der Waals surface area contributed by atoms with Gasteiger partial charge in [0.25, 0.3) is 0 Å². The fraction of sp³-hybridized carbons (Fsp3) is 0.933. The molecule has 1 aliphatic heterocycles. The molecule has 1 heterocycles. The van der Waals surface area contributed by atoms with Gasteiger partial charge < -0.3 is 11.1 Å². The molecule has 0 aromatic carbocycles. The van der Waals surface area contributed by atoms with E-state index in [0.29, 0.717) is 12.6 Å². The van der Waals surface area contributed by atoms with Crippen LogP contribution in [-0.2, 0) is 4.79 Å². The monoisotopic (exact) mass is 303 g/mol. The molecule has 0 spiro atoms. The number of carbonyl (C=O) groups is 1. The first-order valence-corrected chi connectivity index (χ1v) is 7.78. The third kappa shape index (κ3) is 4.34. The standard InChI is InChI=1S/C15H29N3O.ClH/c1-12(18-9-8-15(2,10-16)11-18)14(19)17-13-6-4-3-5-7-13;/h12-13H,3-11,16H2,1-2H3,(H,17,19);1H. The summed E-state index contributed by atoms with van der Waals surface area (Å²) in [5.74, 6) is 0.202. The molecule has 5 heteroatoms. The molecule has 4 nitrogen and oxygen atoms in total. The Morgan fingerprint density at radius 3 is 2.60 bits per heavy atom. The Kier molecular flexibility index (Phi) is 6.76. The molecular weight excluding hydrogens is 274 g/mol. The molecule has 0 radical (unpaired) electrons. The van der Waals surface area contributed by atoms with Gasteiger partial charge in [0, 0.05) is 12.6 Å². The van der Waals surface area contributed by atoms with E-state index in [4.69, 9.17) is 5.73 Å². The Bertz CT molecular complexity index is 320. The first-order valence-electron chi connectivity index (χ1n) is 7.78. The van der Waals surface area contributed by atoms with E-state index in [2.05, 4.69) is 17.1 Å². The van der Waals surface area contributed by atoms with Gasteiger partial charge >= 0.3 is 0 Å². The zero-order chi connectivity index (χ0) is 13.9. The van der Waals surface area contributed by atoms with Crippen LogP contribution < -0.4 is 11.1 Å². The minimum Gasteiger partial charge on any atom is -0.352 e. The van der Waals surface area contributed by atoms with Gasteiger partial charge in [-0.05, 0) is 44.7 Å². The van der Waals surface area contributed by atoms with Crippen LogP contribution in [0.5, 0.6) is 0 Å². The van der Waals surface area contributed by atoms with E-state index in [9.17, 15) is 4.79 Å². The molecule has 118 valence electrons. The first kappa shape index (κ1) is 17.7. The highest BCUT2D eigenvalue weighted by Crippen LogP contribution is 2.29. The highest BCUT2D eigenvalue weighted by molar-refractivity contribution is 5.85. The quantitative estimate of drug-likeness (QED) is 0.834. The van der Waals surface area contributed by atoms with Gasteiger partial charge in [-0.2, -0.15) is 0 Å². The maximum absolute atomic E-state index is 12.3. The summed E-state index contributed by atoms with van der Waals surface area (Å²) in [6.45, 7) is 6.90. The summed E-state index contributed by atoms with van der Waals surface area (Å²) >= 11 is 0. The van der Waals surface area contributed by atoms with E-state index in [1.807, 2.05) is 6.92 Å². The second-order valence-corrected chi connectivity index (χ2v) is 6.75. The molecule has 0 aromatic heterocycles. The van der Waals surface area contributed by atoms with Crippen LogP contribution in [0.3, 0.4) is 0 Å². The molecule has 0 aromatic rings. The van der Waals surface area contributed by atoms with Gasteiger partial charge in [0.05, 0.1) is 6.04 Å². The van der Waals surface area contributed by atoms with Gasteiger partial charge in [-0.1, -0.05) is 26.2 Å². The second kappa shape index (κ2) is 7.62. The molecule has 2 aliphatic rings. The average Bonchev–Trinajstić information content (AvgIpc) is 2.82. The van der Waals surface area contributed by atoms with Crippen LogP contribution in [0.1, 0.15) is 52.4 Å². The maximum atomic E-state index is 12.3. The van der Waals surface area contributed by atoms with Crippen molar-refractivity contribution in [2.24, 2.45) is 11.1 Å². The number of rotatable bonds is 4. The Morgan fingerprint density at radius 2 is 2.05 bits per heavy atom. The molecule has 2 unspecified atom stereocenters. The summed E-state index contributed by atoms with van der Waals surface area (Å²) in [4.78, 5) is 14.6. The van der Waals surface area contributed by atoms with E-state index >= 15 is 0 Å². The number of halogens is 1. The van der Waals surface area contributed by atoms with Crippen LogP contribution in [0, 0.1) is 5.41 Å². The van der Waals surface area contributed by atoms with Crippen molar-refractivity contribution in [1.29, 1.82) is 0 Å². The number of likely N-dealkylation sites (tertiary alicyclic amines) is 1. The summed E-state index contributed by atoms with van der Waals surface area (Å²) in [5.41, 5.74) is 6.02. The van der Waals surface area contributed by atoms with Crippen molar-refractivity contribution in [3.63, 3.8) is 0 Å². The number of nitrogens with two attached hydrogens (primary N) is 1. The first-order chi connectivity index (χ1) is 9.04. The molecule has 1 saturated carbocycles. The number of carbonyl (C=O) groups excluding carboxylic acids is 1. The topological polar surface area (TPSA) is 58.4 Å². The minimum atomic E-state index is -0.0182. The van der Waals surface area contributed by atoms with E-state index in [0.717, 1.165) is 32.4 Å². The third-order valence-corrected chi connectivity index (χ3v) is 4.96. The van der Waals surface area contributed by atoms with Crippen LogP contribution in [0.2, 0.25) is 0 Å². The summed E-state index contributed by atoms with van der Waals surface area (Å²) in [7, 11) is 0. The lowest BCUT2D eigenvalue weighted by Crippen LogP contribution is -2.48. The predicted molar refractivity (Wildman–Crippen MR) is 85.1 cm³/mol. The van der Waals surface area contributed by atoms with Crippen molar-refractivity contribution in [2.75, 3.05) is 19.6 Å². The zero-order valence-electron chi connectivity index (χ0n) is 12.9. The largest absolute Gasteiger partial charge is 0.352 e. The molecule has 2 atom stereocenters. The van der Waals surface area contributed by atoms with Gasteiger partial charge in [0.1, 0.15) is 0 Å². The smallest absolute Gasteiger partial charge is 0.237 e. The van der Waals surface area contributed by atoms with Crippen LogP contribution >= 0.6 is 12.4 Å². The second-order valence-electron chi connectivity index (χ2n) is 6.75. The number of nitrogens with zero attached hydrogens (tertiary/aromatic N) is 1. The van der Waals surface area contributed by atoms with E-state index < -0.39 is 0 Å². The van der Waals surface area contributed by atoms with E-state index in [1.54, 1.807) is 0 Å². The summed E-state index contributed by atoms with van der Waals surface area (Å²) in [5, 5.41) is 3.23. The van der Waals surface area contributed by atoms with Gasteiger partial charge in [-0.25, -0.2) is 0 Å². The van der Waals surface area contributed by atoms with Crippen LogP contribution in [0.4, 0.5) is 0 Å². The SMILES string of the molecule is CC(C(=O)NC1CCCCC1)N1CCC(C)(CN)C1.Cl. The van der Waals surface area contributed by atoms with Crippen molar-refractivity contribution < 1.29 is 4.79 Å². The molecule has 3 N–H and O–H groups in total. The third-order valence-electron chi connectivity index (χ3n) is 4.96. The molecule has 1 saturated heterocycles. The normalized spacial score (nSPS) is 29.8. The zero-order valence-corrected chi connectivity index (χ0v) is 13.7. The van der Waals surface area contributed by atoms with Gasteiger partial charge in [0.15, 0.2) is 0 Å². The molecule has 1 amide bonds. The number of nitrogens with one attached hydrogen (secondary N) is 1. The van der Waals surface area contributed by atoms with Crippen molar-refractivity contribution in [3.05, 3.63) is 0 Å². The Labute approximate surface area is 129 Å². The molecule has 0 bridgehead atoms. The average molecular weight is 304 g/mol. The van der Waals surface area contributed by atoms with Crippen molar-refractivity contribution in [1.82, 2.24) is 10.2 Å². The van der Waals surface area contributed by atoms with Gasteiger partial charge in [-0.15, -0.1) is 12.4 Å². The van der Waals surface area contributed by atoms with Crippen LogP contribution in [0.15, 0.2) is 0 Å². The Morgan fingerprint density at radius 1 is 1.40 bits per heavy atom. The lowest BCUT2D eigenvalue weighted by Gasteiger charge is -2.29. The summed E-state index contributed by atoms with van der Waals surface area (Å²) in [6, 6.07) is 0.391. The van der Waals surface area contributed by atoms with Gasteiger partial charge in [-0.3, -0.25) is 9.69 Å². The molecule has 2 fully saturated rings. The summed E-state index contributed by atoms with van der Waals surface area (Å²) < 4.78 is 0. The maximum Gasteiger partial charge on any atom is 0.237 e. The van der Waals surface area contributed by atoms with Crippen LogP contribution in [0.25, 0.3) is 0 Å².